The Kier molecular flexibility index (Phi) is 2.63. The number of rotatable bonds is 2. The number of hydrogen-bond donors (Lipinski definition) is 0. The van der Waals surface area contributed by atoms with Gasteiger partial charge >= 0.3 is 0 Å². The zero-order chi connectivity index (χ0) is 13.2. The smallest absolute Gasteiger partial charge is 0.155 e. The van der Waals surface area contributed by atoms with Crippen LogP contribution in [0.3, 0.4) is 0 Å². The van der Waals surface area contributed by atoms with E-state index in [1.165, 1.54) is 0 Å². The molecule has 0 bridgehead atoms. The maximum atomic E-state index is 8.49. The van der Waals surface area contributed by atoms with Gasteiger partial charge in [0.25, 0.3) is 0 Å². The van der Waals surface area contributed by atoms with E-state index in [1.807, 2.05) is 37.3 Å². The fourth-order valence-corrected chi connectivity index (χ4v) is 2.01. The molecule has 0 N–H and O–H groups in total. The highest BCUT2D eigenvalue weighted by atomic mass is 15.3. The minimum Gasteiger partial charge on any atom is -0.237 e. The van der Waals surface area contributed by atoms with E-state index in [0.29, 0.717) is 5.69 Å². The molecule has 0 unspecified atom stereocenters. The van der Waals surface area contributed by atoms with Crippen LogP contribution in [0.5, 0.6) is 0 Å². The van der Waals surface area contributed by atoms with Gasteiger partial charge < -0.3 is 0 Å². The van der Waals surface area contributed by atoms with Crippen molar-refractivity contribution in [2.45, 2.75) is 6.92 Å². The van der Waals surface area contributed by atoms with Gasteiger partial charge in [-0.05, 0) is 24.6 Å². The number of aromatic nitrogens is 3. The van der Waals surface area contributed by atoms with Gasteiger partial charge in [-0.3, -0.25) is 0 Å². The Morgan fingerprint density at radius 3 is 3.00 bits per heavy atom. The SMILES string of the molecule is Cc1cc2nccc(-c3cccc(N=[N+]=[N-])c3)n2n1. The summed E-state index contributed by atoms with van der Waals surface area (Å²) in [6.07, 6.45) is 1.74. The molecule has 0 spiro atoms. The Hall–Kier alpha value is -2.85. The molecule has 0 saturated carbocycles. The van der Waals surface area contributed by atoms with Gasteiger partial charge in [0.15, 0.2) is 5.65 Å². The van der Waals surface area contributed by atoms with Crippen LogP contribution in [-0.2, 0) is 0 Å². The van der Waals surface area contributed by atoms with E-state index in [4.69, 9.17) is 5.53 Å². The molecule has 3 aromatic rings. The molecule has 6 nitrogen and oxygen atoms in total. The minimum atomic E-state index is 0.578. The summed E-state index contributed by atoms with van der Waals surface area (Å²) in [4.78, 5) is 7.06. The number of benzene rings is 1. The van der Waals surface area contributed by atoms with E-state index in [9.17, 15) is 0 Å². The van der Waals surface area contributed by atoms with Crippen LogP contribution in [0.4, 0.5) is 5.69 Å². The number of fused-ring (bicyclic) bond motifs is 1. The van der Waals surface area contributed by atoms with Crippen LogP contribution < -0.4 is 0 Å². The Bertz CT molecular complexity index is 798. The molecule has 19 heavy (non-hydrogen) atoms. The lowest BCUT2D eigenvalue weighted by Crippen LogP contribution is -1.95. The Morgan fingerprint density at radius 1 is 1.26 bits per heavy atom. The van der Waals surface area contributed by atoms with Crippen molar-refractivity contribution in [2.75, 3.05) is 0 Å². The predicted octanol–water partition coefficient (Wildman–Crippen LogP) is 3.65. The van der Waals surface area contributed by atoms with Crippen LogP contribution in [0.1, 0.15) is 5.69 Å². The average molecular weight is 250 g/mol. The zero-order valence-corrected chi connectivity index (χ0v) is 10.2. The van der Waals surface area contributed by atoms with Gasteiger partial charge in [-0.15, -0.1) is 0 Å². The summed E-state index contributed by atoms with van der Waals surface area (Å²) in [6, 6.07) is 11.2. The van der Waals surface area contributed by atoms with Crippen LogP contribution in [0.15, 0.2) is 47.7 Å². The van der Waals surface area contributed by atoms with E-state index in [1.54, 1.807) is 16.8 Å². The Balaban J connectivity index is 2.23. The zero-order valence-electron chi connectivity index (χ0n) is 10.2. The molecule has 0 saturated heterocycles. The highest BCUT2D eigenvalue weighted by Gasteiger charge is 2.06. The van der Waals surface area contributed by atoms with Crippen molar-refractivity contribution in [1.82, 2.24) is 14.6 Å². The van der Waals surface area contributed by atoms with E-state index < -0.39 is 0 Å². The van der Waals surface area contributed by atoms with E-state index in [0.717, 1.165) is 22.6 Å². The summed E-state index contributed by atoms with van der Waals surface area (Å²) in [7, 11) is 0. The van der Waals surface area contributed by atoms with Gasteiger partial charge in [-0.1, -0.05) is 23.3 Å². The number of hydrogen-bond acceptors (Lipinski definition) is 3. The molecule has 6 heteroatoms. The van der Waals surface area contributed by atoms with Gasteiger partial charge in [0, 0.05) is 28.4 Å². The molecule has 0 radical (unpaired) electrons. The van der Waals surface area contributed by atoms with Crippen LogP contribution in [-0.4, -0.2) is 14.6 Å². The summed E-state index contributed by atoms with van der Waals surface area (Å²) < 4.78 is 1.78. The molecule has 2 heterocycles. The molecular formula is C13H10N6. The molecule has 3 rings (SSSR count). The van der Waals surface area contributed by atoms with Crippen LogP contribution in [0.2, 0.25) is 0 Å². The lowest BCUT2D eigenvalue weighted by atomic mass is 10.1. The fraction of sp³-hybridized carbons (Fsp3) is 0.0769. The summed E-state index contributed by atoms with van der Waals surface area (Å²) in [5.74, 6) is 0. The van der Waals surface area contributed by atoms with E-state index in [-0.39, 0.29) is 0 Å². The third kappa shape index (κ3) is 2.00. The summed E-state index contributed by atoms with van der Waals surface area (Å²) in [5, 5.41) is 8.03. The first-order chi connectivity index (χ1) is 9.28. The predicted molar refractivity (Wildman–Crippen MR) is 72.0 cm³/mol. The quantitative estimate of drug-likeness (QED) is 0.395. The molecule has 0 amide bonds. The first-order valence-electron chi connectivity index (χ1n) is 5.75. The van der Waals surface area contributed by atoms with Crippen molar-refractivity contribution in [3.05, 3.63) is 58.7 Å². The molecule has 92 valence electrons. The van der Waals surface area contributed by atoms with Gasteiger partial charge in [0.05, 0.1) is 11.4 Å². The van der Waals surface area contributed by atoms with Crippen LogP contribution >= 0.6 is 0 Å². The van der Waals surface area contributed by atoms with Gasteiger partial charge in [-0.25, -0.2) is 9.50 Å². The second-order valence-electron chi connectivity index (χ2n) is 4.13. The van der Waals surface area contributed by atoms with Crippen molar-refractivity contribution in [2.24, 2.45) is 5.11 Å². The molecule has 0 aliphatic carbocycles. The second-order valence-corrected chi connectivity index (χ2v) is 4.13. The van der Waals surface area contributed by atoms with Crippen molar-refractivity contribution in [3.8, 4) is 11.3 Å². The molecule has 0 atom stereocenters. The van der Waals surface area contributed by atoms with Gasteiger partial charge in [0.2, 0.25) is 0 Å². The summed E-state index contributed by atoms with van der Waals surface area (Å²) in [6.45, 7) is 1.93. The molecule has 0 fully saturated rings. The Labute approximate surface area is 109 Å². The van der Waals surface area contributed by atoms with Crippen molar-refractivity contribution in [1.29, 1.82) is 0 Å². The average Bonchev–Trinajstić information content (AvgIpc) is 2.79. The highest BCUT2D eigenvalue weighted by Crippen LogP contribution is 2.24. The molecule has 0 aliphatic heterocycles. The van der Waals surface area contributed by atoms with Crippen LogP contribution in [0.25, 0.3) is 27.3 Å². The van der Waals surface area contributed by atoms with Gasteiger partial charge in [-0.2, -0.15) is 5.10 Å². The molecule has 1 aromatic carbocycles. The van der Waals surface area contributed by atoms with Crippen molar-refractivity contribution in [3.63, 3.8) is 0 Å². The number of nitrogens with zero attached hydrogens (tertiary/aromatic N) is 6. The molecule has 2 aromatic heterocycles. The normalized spacial score (nSPS) is 10.4. The largest absolute Gasteiger partial charge is 0.237 e. The molecule has 0 aliphatic rings. The topological polar surface area (TPSA) is 79.0 Å². The fourth-order valence-electron chi connectivity index (χ4n) is 2.01. The Morgan fingerprint density at radius 2 is 2.16 bits per heavy atom. The molecular weight excluding hydrogens is 240 g/mol. The monoisotopic (exact) mass is 250 g/mol. The van der Waals surface area contributed by atoms with E-state index in [2.05, 4.69) is 20.1 Å². The number of aryl methyl sites for hydroxylation is 1. The first-order valence-corrected chi connectivity index (χ1v) is 5.75. The third-order valence-corrected chi connectivity index (χ3v) is 2.78. The lowest BCUT2D eigenvalue weighted by Gasteiger charge is -2.05. The summed E-state index contributed by atoms with van der Waals surface area (Å²) >= 11 is 0. The standard InChI is InChI=1S/C13H10N6/c1-9-7-13-15-6-5-12(19(13)17-9)10-3-2-4-11(8-10)16-18-14/h2-8H,1H3. The van der Waals surface area contributed by atoms with Crippen molar-refractivity contribution >= 4 is 11.3 Å². The van der Waals surface area contributed by atoms with Crippen LogP contribution in [0, 0.1) is 6.92 Å². The van der Waals surface area contributed by atoms with Gasteiger partial charge in [0.1, 0.15) is 0 Å². The third-order valence-electron chi connectivity index (χ3n) is 2.78. The first kappa shape index (κ1) is 11.3. The minimum absolute atomic E-state index is 0.578. The van der Waals surface area contributed by atoms with E-state index >= 15 is 0 Å². The van der Waals surface area contributed by atoms with Crippen molar-refractivity contribution < 1.29 is 0 Å². The highest BCUT2D eigenvalue weighted by molar-refractivity contribution is 5.66. The lowest BCUT2D eigenvalue weighted by molar-refractivity contribution is 0.925. The maximum Gasteiger partial charge on any atom is 0.155 e. The maximum absolute atomic E-state index is 8.49. The second kappa shape index (κ2) is 4.44. The summed E-state index contributed by atoms with van der Waals surface area (Å²) in [5.41, 5.74) is 12.6. The number of azide groups is 1.